The number of nitrogens with one attached hydrogen (secondary N) is 2. The first-order valence-corrected chi connectivity index (χ1v) is 10.7. The number of nitrogens with zero attached hydrogens (tertiary/aromatic N) is 3. The Morgan fingerprint density at radius 2 is 1.89 bits per heavy atom. The van der Waals surface area contributed by atoms with Crippen LogP contribution in [0.25, 0.3) is 0 Å². The Kier molecular flexibility index (Phi) is 7.20. The predicted octanol–water partition coefficient (Wildman–Crippen LogP) is 1.35. The fourth-order valence-corrected chi connectivity index (χ4v) is 4.62. The van der Waals surface area contributed by atoms with Crippen molar-refractivity contribution in [3.05, 3.63) is 41.7 Å². The maximum Gasteiger partial charge on any atom is 0.244 e. The monoisotopic (exact) mass is 407 g/mol. The second-order valence-corrected chi connectivity index (χ2v) is 8.52. The van der Waals surface area contributed by atoms with Crippen molar-refractivity contribution in [1.82, 2.24) is 19.8 Å². The SMILES string of the molecule is Cc1nn(C)c(C)c1S(=O)(=O)NC(C)C(=O)NCCCN(C)c1ccccc1. The summed E-state index contributed by atoms with van der Waals surface area (Å²) in [5, 5.41) is 6.91. The number of sulfonamides is 1. The summed E-state index contributed by atoms with van der Waals surface area (Å²) in [6, 6.07) is 9.10. The number of anilines is 1. The van der Waals surface area contributed by atoms with Gasteiger partial charge >= 0.3 is 0 Å². The maximum absolute atomic E-state index is 12.6. The Labute approximate surface area is 167 Å². The summed E-state index contributed by atoms with van der Waals surface area (Å²) in [7, 11) is -0.150. The minimum absolute atomic E-state index is 0.124. The molecular weight excluding hydrogens is 378 g/mol. The van der Waals surface area contributed by atoms with Crippen molar-refractivity contribution in [2.45, 2.75) is 38.1 Å². The van der Waals surface area contributed by atoms with E-state index in [0.29, 0.717) is 17.9 Å². The summed E-state index contributed by atoms with van der Waals surface area (Å²) in [5.74, 6) is -0.356. The Morgan fingerprint density at radius 1 is 1.25 bits per heavy atom. The number of aromatic nitrogens is 2. The molecule has 0 saturated heterocycles. The molecule has 1 aromatic heterocycles. The molecule has 2 rings (SSSR count). The lowest BCUT2D eigenvalue weighted by Crippen LogP contribution is -2.45. The fourth-order valence-electron chi connectivity index (χ4n) is 2.98. The van der Waals surface area contributed by atoms with Gasteiger partial charge in [0.05, 0.1) is 17.4 Å². The molecule has 28 heavy (non-hydrogen) atoms. The Morgan fingerprint density at radius 3 is 2.46 bits per heavy atom. The number of rotatable bonds is 9. The molecule has 1 aromatic carbocycles. The normalized spacial score (nSPS) is 12.6. The third-order valence-corrected chi connectivity index (χ3v) is 6.40. The number of para-hydroxylation sites is 1. The molecule has 154 valence electrons. The quantitative estimate of drug-likeness (QED) is 0.612. The van der Waals surface area contributed by atoms with Crippen LogP contribution >= 0.6 is 0 Å². The number of aryl methyl sites for hydroxylation is 2. The first-order valence-electron chi connectivity index (χ1n) is 9.20. The lowest BCUT2D eigenvalue weighted by molar-refractivity contribution is -0.122. The lowest BCUT2D eigenvalue weighted by atomic mass is 10.3. The fraction of sp³-hybridized carbons (Fsp3) is 0.474. The number of hydrogen-bond donors (Lipinski definition) is 2. The second-order valence-electron chi connectivity index (χ2n) is 6.87. The number of amides is 1. The van der Waals surface area contributed by atoms with Crippen molar-refractivity contribution in [2.24, 2.45) is 7.05 Å². The van der Waals surface area contributed by atoms with Crippen LogP contribution in [0.5, 0.6) is 0 Å². The van der Waals surface area contributed by atoms with Crippen LogP contribution < -0.4 is 14.9 Å². The van der Waals surface area contributed by atoms with E-state index in [-0.39, 0.29) is 10.8 Å². The minimum atomic E-state index is -3.83. The molecule has 0 fully saturated rings. The topological polar surface area (TPSA) is 96.3 Å². The summed E-state index contributed by atoms with van der Waals surface area (Å²) in [5.41, 5.74) is 2.04. The smallest absolute Gasteiger partial charge is 0.244 e. The molecule has 0 spiro atoms. The Hall–Kier alpha value is -2.39. The van der Waals surface area contributed by atoms with Gasteiger partial charge in [-0.1, -0.05) is 18.2 Å². The molecule has 0 aliphatic heterocycles. The molecule has 2 aromatic rings. The molecule has 1 amide bonds. The number of carbonyl (C=O) groups excluding carboxylic acids is 1. The van der Waals surface area contributed by atoms with Crippen LogP contribution in [0.1, 0.15) is 24.7 Å². The Balaban J connectivity index is 1.84. The molecule has 0 aliphatic rings. The van der Waals surface area contributed by atoms with E-state index in [2.05, 4.69) is 20.0 Å². The predicted molar refractivity (Wildman–Crippen MR) is 110 cm³/mol. The zero-order chi connectivity index (χ0) is 20.9. The molecule has 2 N–H and O–H groups in total. The average molecular weight is 408 g/mol. The van der Waals surface area contributed by atoms with Gasteiger partial charge in [-0.15, -0.1) is 0 Å². The van der Waals surface area contributed by atoms with E-state index in [1.165, 1.54) is 11.6 Å². The van der Waals surface area contributed by atoms with Gasteiger partial charge in [-0.25, -0.2) is 8.42 Å². The molecule has 8 nitrogen and oxygen atoms in total. The second kappa shape index (κ2) is 9.20. The van der Waals surface area contributed by atoms with Gasteiger partial charge in [0, 0.05) is 32.9 Å². The van der Waals surface area contributed by atoms with Crippen molar-refractivity contribution in [1.29, 1.82) is 0 Å². The van der Waals surface area contributed by atoms with Crippen molar-refractivity contribution in [3.63, 3.8) is 0 Å². The third kappa shape index (κ3) is 5.32. The van der Waals surface area contributed by atoms with Crippen LogP contribution in [-0.2, 0) is 21.9 Å². The lowest BCUT2D eigenvalue weighted by Gasteiger charge is -2.19. The molecule has 9 heteroatoms. The molecule has 0 saturated carbocycles. The van der Waals surface area contributed by atoms with E-state index >= 15 is 0 Å². The summed E-state index contributed by atoms with van der Waals surface area (Å²) in [4.78, 5) is 14.5. The zero-order valence-corrected chi connectivity index (χ0v) is 17.9. The van der Waals surface area contributed by atoms with Gasteiger partial charge in [0.1, 0.15) is 4.90 Å². The van der Waals surface area contributed by atoms with Crippen molar-refractivity contribution >= 4 is 21.6 Å². The summed E-state index contributed by atoms with van der Waals surface area (Å²) in [6.45, 7) is 6.09. The number of hydrogen-bond acceptors (Lipinski definition) is 5. The summed E-state index contributed by atoms with van der Waals surface area (Å²) >= 11 is 0. The average Bonchev–Trinajstić information content (AvgIpc) is 2.91. The minimum Gasteiger partial charge on any atom is -0.375 e. The van der Waals surface area contributed by atoms with Crippen LogP contribution in [0.3, 0.4) is 0 Å². The van der Waals surface area contributed by atoms with Crippen LogP contribution in [0.2, 0.25) is 0 Å². The highest BCUT2D eigenvalue weighted by atomic mass is 32.2. The Bertz CT molecular complexity index is 909. The van der Waals surface area contributed by atoms with E-state index in [1.807, 2.05) is 37.4 Å². The zero-order valence-electron chi connectivity index (χ0n) is 17.1. The molecule has 1 unspecified atom stereocenters. The van der Waals surface area contributed by atoms with E-state index < -0.39 is 16.1 Å². The highest BCUT2D eigenvalue weighted by Crippen LogP contribution is 2.18. The van der Waals surface area contributed by atoms with E-state index in [1.54, 1.807) is 20.9 Å². The van der Waals surface area contributed by atoms with Gasteiger partial charge in [-0.3, -0.25) is 9.48 Å². The van der Waals surface area contributed by atoms with Crippen molar-refractivity contribution < 1.29 is 13.2 Å². The summed E-state index contributed by atoms with van der Waals surface area (Å²) in [6.07, 6.45) is 0.747. The molecule has 0 aliphatic carbocycles. The van der Waals surface area contributed by atoms with Crippen LogP contribution in [0.15, 0.2) is 35.2 Å². The largest absolute Gasteiger partial charge is 0.375 e. The van der Waals surface area contributed by atoms with E-state index in [0.717, 1.165) is 18.7 Å². The molecule has 1 atom stereocenters. The molecule has 0 bridgehead atoms. The van der Waals surface area contributed by atoms with Crippen LogP contribution in [0.4, 0.5) is 5.69 Å². The highest BCUT2D eigenvalue weighted by Gasteiger charge is 2.27. The number of benzene rings is 1. The third-order valence-electron chi connectivity index (χ3n) is 4.60. The van der Waals surface area contributed by atoms with Gasteiger partial charge in [-0.2, -0.15) is 9.82 Å². The summed E-state index contributed by atoms with van der Waals surface area (Å²) < 4.78 is 29.2. The van der Waals surface area contributed by atoms with E-state index in [9.17, 15) is 13.2 Å². The van der Waals surface area contributed by atoms with E-state index in [4.69, 9.17) is 0 Å². The number of carbonyl (C=O) groups is 1. The van der Waals surface area contributed by atoms with Gasteiger partial charge in [-0.05, 0) is 39.3 Å². The van der Waals surface area contributed by atoms with Gasteiger partial charge in [0.25, 0.3) is 0 Å². The first-order chi connectivity index (χ1) is 13.1. The van der Waals surface area contributed by atoms with Gasteiger partial charge < -0.3 is 10.2 Å². The van der Waals surface area contributed by atoms with Gasteiger partial charge in [0.2, 0.25) is 15.9 Å². The van der Waals surface area contributed by atoms with Crippen LogP contribution in [0, 0.1) is 13.8 Å². The standard InChI is InChI=1S/C19H29N5O3S/c1-14-18(16(3)24(5)21-14)28(26,27)22-15(2)19(25)20-12-9-13-23(4)17-10-7-6-8-11-17/h6-8,10-11,15,22H,9,12-13H2,1-5H3,(H,20,25). The molecule has 0 radical (unpaired) electrons. The van der Waals surface area contributed by atoms with Crippen LogP contribution in [-0.4, -0.2) is 50.3 Å². The maximum atomic E-state index is 12.6. The van der Waals surface area contributed by atoms with Crippen molar-refractivity contribution in [2.75, 3.05) is 25.0 Å². The van der Waals surface area contributed by atoms with Gasteiger partial charge in [0.15, 0.2) is 0 Å². The first kappa shape index (κ1) is 21.9. The van der Waals surface area contributed by atoms with Crippen molar-refractivity contribution in [3.8, 4) is 0 Å². The molecular formula is C19H29N5O3S. The highest BCUT2D eigenvalue weighted by molar-refractivity contribution is 7.89. The molecule has 1 heterocycles.